The van der Waals surface area contributed by atoms with Crippen molar-refractivity contribution in [2.45, 2.75) is 13.1 Å². The van der Waals surface area contributed by atoms with Crippen LogP contribution in [0.15, 0.2) is 64.5 Å². The minimum atomic E-state index is -0.395. The number of anilines is 1. The third kappa shape index (κ3) is 4.02. The minimum absolute atomic E-state index is 0.128. The molecule has 2 N–H and O–H groups in total. The second kappa shape index (κ2) is 8.24. The van der Waals surface area contributed by atoms with Gasteiger partial charge in [0, 0.05) is 25.2 Å². The Morgan fingerprint density at radius 1 is 1.17 bits per heavy atom. The lowest BCUT2D eigenvalue weighted by molar-refractivity contribution is 0.0949. The normalized spacial score (nSPS) is 10.8. The maximum absolute atomic E-state index is 12.7. The molecule has 0 aliphatic heterocycles. The van der Waals surface area contributed by atoms with Gasteiger partial charge in [-0.2, -0.15) is 11.3 Å². The fourth-order valence-electron chi connectivity index (χ4n) is 3.10. The zero-order valence-corrected chi connectivity index (χ0v) is 16.6. The van der Waals surface area contributed by atoms with E-state index in [-0.39, 0.29) is 11.1 Å². The van der Waals surface area contributed by atoms with E-state index in [1.54, 1.807) is 41.3 Å². The summed E-state index contributed by atoms with van der Waals surface area (Å²) < 4.78 is 1.55. The van der Waals surface area contributed by atoms with Gasteiger partial charge in [-0.15, -0.1) is 0 Å². The molecule has 0 fully saturated rings. The Balaban J connectivity index is 1.51. The van der Waals surface area contributed by atoms with Crippen LogP contribution in [0.25, 0.3) is 10.9 Å². The first-order chi connectivity index (χ1) is 14.2. The van der Waals surface area contributed by atoms with Crippen LogP contribution < -0.4 is 16.2 Å². The Bertz CT molecular complexity index is 1220. The largest absolute Gasteiger partial charge is 0.373 e. The molecule has 0 aliphatic rings. The van der Waals surface area contributed by atoms with E-state index in [0.717, 1.165) is 27.8 Å². The molecule has 3 heterocycles. The molecule has 0 aliphatic carbocycles. The summed E-state index contributed by atoms with van der Waals surface area (Å²) in [7, 11) is 1.80. The summed E-state index contributed by atoms with van der Waals surface area (Å²) in [5.41, 5.74) is 2.57. The summed E-state index contributed by atoms with van der Waals surface area (Å²) in [5, 5.41) is 10.7. The van der Waals surface area contributed by atoms with E-state index in [4.69, 9.17) is 0 Å². The molecule has 0 saturated heterocycles. The van der Waals surface area contributed by atoms with Crippen LogP contribution in [0.2, 0.25) is 0 Å². The summed E-state index contributed by atoms with van der Waals surface area (Å²) in [6.45, 7) is 0.743. The van der Waals surface area contributed by atoms with Crippen LogP contribution in [-0.2, 0) is 13.1 Å². The molecule has 1 amide bonds. The molecule has 4 aromatic rings. The molecule has 0 radical (unpaired) electrons. The smallest absolute Gasteiger partial charge is 0.263 e. The van der Waals surface area contributed by atoms with Gasteiger partial charge in [0.2, 0.25) is 0 Å². The van der Waals surface area contributed by atoms with Crippen LogP contribution in [0.4, 0.5) is 5.82 Å². The lowest BCUT2D eigenvalue weighted by atomic mass is 10.1. The lowest BCUT2D eigenvalue weighted by Gasteiger charge is -2.09. The fourth-order valence-corrected chi connectivity index (χ4v) is 3.76. The van der Waals surface area contributed by atoms with Crippen molar-refractivity contribution in [3.05, 3.63) is 86.7 Å². The molecule has 29 heavy (non-hydrogen) atoms. The van der Waals surface area contributed by atoms with Gasteiger partial charge < -0.3 is 15.2 Å². The Hall–Kier alpha value is -3.52. The molecule has 0 atom stereocenters. The van der Waals surface area contributed by atoms with Crippen LogP contribution in [0.3, 0.4) is 0 Å². The highest BCUT2D eigenvalue weighted by atomic mass is 32.1. The van der Waals surface area contributed by atoms with Crippen molar-refractivity contribution in [1.82, 2.24) is 19.9 Å². The van der Waals surface area contributed by atoms with Gasteiger partial charge >= 0.3 is 0 Å². The standard InChI is InChI=1S/C21H19N5O2S/c1-22-19-17-9-14(4-5-18(17)24-13-25-19)10-23-20(27)16-3-2-7-26(21(16)28)11-15-6-8-29-12-15/h2-9,12-13H,10-11H2,1H3,(H,23,27)(H,22,24,25). The van der Waals surface area contributed by atoms with Crippen LogP contribution in [0, 0.1) is 0 Å². The Kier molecular flexibility index (Phi) is 5.35. The average molecular weight is 405 g/mol. The quantitative estimate of drug-likeness (QED) is 0.515. The molecular formula is C21H19N5O2S. The highest BCUT2D eigenvalue weighted by molar-refractivity contribution is 7.07. The number of rotatable bonds is 6. The highest BCUT2D eigenvalue weighted by Crippen LogP contribution is 2.20. The van der Waals surface area contributed by atoms with Gasteiger partial charge in [0.05, 0.1) is 12.1 Å². The summed E-state index contributed by atoms with van der Waals surface area (Å²) in [6.07, 6.45) is 3.20. The van der Waals surface area contributed by atoms with Crippen molar-refractivity contribution in [3.63, 3.8) is 0 Å². The van der Waals surface area contributed by atoms with Crippen molar-refractivity contribution in [1.29, 1.82) is 0 Å². The number of carbonyl (C=O) groups excluding carboxylic acids is 1. The van der Waals surface area contributed by atoms with Crippen LogP contribution >= 0.6 is 11.3 Å². The molecule has 4 rings (SSSR count). The number of aromatic nitrogens is 3. The fraction of sp³-hybridized carbons (Fsp3) is 0.143. The zero-order chi connectivity index (χ0) is 20.2. The maximum Gasteiger partial charge on any atom is 0.263 e. The van der Waals surface area contributed by atoms with Crippen molar-refractivity contribution in [3.8, 4) is 0 Å². The van der Waals surface area contributed by atoms with E-state index in [1.165, 1.54) is 6.33 Å². The number of benzene rings is 1. The Morgan fingerprint density at radius 2 is 2.07 bits per heavy atom. The van der Waals surface area contributed by atoms with Gasteiger partial charge in [-0.1, -0.05) is 6.07 Å². The van der Waals surface area contributed by atoms with E-state index in [1.807, 2.05) is 35.0 Å². The van der Waals surface area contributed by atoms with E-state index in [0.29, 0.717) is 13.1 Å². The maximum atomic E-state index is 12.7. The van der Waals surface area contributed by atoms with E-state index < -0.39 is 5.91 Å². The molecule has 0 unspecified atom stereocenters. The number of hydrogen-bond acceptors (Lipinski definition) is 6. The van der Waals surface area contributed by atoms with Crippen molar-refractivity contribution in [2.24, 2.45) is 0 Å². The monoisotopic (exact) mass is 405 g/mol. The highest BCUT2D eigenvalue weighted by Gasteiger charge is 2.13. The first kappa shape index (κ1) is 18.8. The van der Waals surface area contributed by atoms with E-state index >= 15 is 0 Å². The first-order valence-corrected chi connectivity index (χ1v) is 10.00. The van der Waals surface area contributed by atoms with Gasteiger partial charge in [-0.3, -0.25) is 9.59 Å². The number of amides is 1. The van der Waals surface area contributed by atoms with Gasteiger partial charge in [-0.05, 0) is 52.2 Å². The molecule has 0 bridgehead atoms. The van der Waals surface area contributed by atoms with E-state index in [9.17, 15) is 9.59 Å². The second-order valence-corrected chi connectivity index (χ2v) is 7.27. The summed E-state index contributed by atoms with van der Waals surface area (Å²) in [5.74, 6) is 0.329. The molecule has 3 aromatic heterocycles. The molecular weight excluding hydrogens is 386 g/mol. The van der Waals surface area contributed by atoms with Gasteiger partial charge in [-0.25, -0.2) is 9.97 Å². The number of carbonyl (C=O) groups is 1. The SMILES string of the molecule is CNc1ncnc2ccc(CNC(=O)c3cccn(Cc4ccsc4)c3=O)cc12. The lowest BCUT2D eigenvalue weighted by Crippen LogP contribution is -2.32. The molecule has 0 spiro atoms. The molecule has 0 saturated carbocycles. The third-order valence-corrected chi connectivity index (χ3v) is 5.32. The zero-order valence-electron chi connectivity index (χ0n) is 15.8. The number of nitrogens with one attached hydrogen (secondary N) is 2. The average Bonchev–Trinajstić information content (AvgIpc) is 3.26. The van der Waals surface area contributed by atoms with Crippen LogP contribution in [-0.4, -0.2) is 27.5 Å². The van der Waals surface area contributed by atoms with Crippen LogP contribution in [0.1, 0.15) is 21.5 Å². The predicted molar refractivity (Wildman–Crippen MR) is 114 cm³/mol. The Labute approximate surface area is 171 Å². The van der Waals surface area contributed by atoms with Gasteiger partial charge in [0.25, 0.3) is 11.5 Å². The molecule has 1 aromatic carbocycles. The second-order valence-electron chi connectivity index (χ2n) is 6.49. The summed E-state index contributed by atoms with van der Waals surface area (Å²) in [4.78, 5) is 33.8. The first-order valence-electron chi connectivity index (χ1n) is 9.06. The minimum Gasteiger partial charge on any atom is -0.373 e. The molecule has 8 heteroatoms. The molecule has 146 valence electrons. The number of pyridine rings is 1. The van der Waals surface area contributed by atoms with Crippen molar-refractivity contribution in [2.75, 3.05) is 12.4 Å². The number of hydrogen-bond donors (Lipinski definition) is 2. The predicted octanol–water partition coefficient (Wildman–Crippen LogP) is 2.87. The molecule has 7 nitrogen and oxygen atoms in total. The number of nitrogens with zero attached hydrogens (tertiary/aromatic N) is 3. The summed E-state index contributed by atoms with van der Waals surface area (Å²) >= 11 is 1.58. The number of thiophene rings is 1. The van der Waals surface area contributed by atoms with Crippen molar-refractivity contribution < 1.29 is 4.79 Å². The Morgan fingerprint density at radius 3 is 2.86 bits per heavy atom. The third-order valence-electron chi connectivity index (χ3n) is 4.59. The topological polar surface area (TPSA) is 88.9 Å². The van der Waals surface area contributed by atoms with Crippen molar-refractivity contribution >= 4 is 34.0 Å². The number of fused-ring (bicyclic) bond motifs is 1. The van der Waals surface area contributed by atoms with E-state index in [2.05, 4.69) is 20.6 Å². The van der Waals surface area contributed by atoms with Gasteiger partial charge in [0.1, 0.15) is 17.7 Å². The van der Waals surface area contributed by atoms with Crippen LogP contribution in [0.5, 0.6) is 0 Å². The van der Waals surface area contributed by atoms with Gasteiger partial charge in [0.15, 0.2) is 0 Å². The summed E-state index contributed by atoms with van der Waals surface area (Å²) in [6, 6.07) is 10.9.